The molecule has 0 atom stereocenters. The first-order chi connectivity index (χ1) is 14.4. The maximum Gasteiger partial charge on any atom is 0.262 e. The molecular weight excluding hydrogens is 398 g/mol. The van der Waals surface area contributed by atoms with Gasteiger partial charge in [-0.3, -0.25) is 9.36 Å². The van der Waals surface area contributed by atoms with E-state index in [1.54, 1.807) is 25.6 Å². The monoisotopic (exact) mass is 429 g/mol. The van der Waals surface area contributed by atoms with Crippen LogP contribution in [0, 0.1) is 13.8 Å². The Morgan fingerprint density at radius 2 is 1.80 bits per heavy atom. The highest BCUT2D eigenvalue weighted by molar-refractivity contribution is 7.18. The largest absolute Gasteiger partial charge is 0.493 e. The highest BCUT2D eigenvalue weighted by atomic mass is 32.1. The highest BCUT2D eigenvalue weighted by Gasteiger charge is 2.18. The number of rotatable bonds is 9. The van der Waals surface area contributed by atoms with Crippen LogP contribution in [0.3, 0.4) is 0 Å². The van der Waals surface area contributed by atoms with E-state index in [4.69, 9.17) is 14.5 Å². The van der Waals surface area contributed by atoms with Gasteiger partial charge < -0.3 is 14.4 Å². The third-order valence-corrected chi connectivity index (χ3v) is 6.81. The van der Waals surface area contributed by atoms with Crippen molar-refractivity contribution in [1.29, 1.82) is 0 Å². The minimum atomic E-state index is 0.0597. The van der Waals surface area contributed by atoms with Gasteiger partial charge in [-0.25, -0.2) is 4.98 Å². The van der Waals surface area contributed by atoms with Gasteiger partial charge in [-0.1, -0.05) is 19.9 Å². The van der Waals surface area contributed by atoms with E-state index in [1.807, 2.05) is 29.7 Å². The minimum absolute atomic E-state index is 0.0597. The Morgan fingerprint density at radius 3 is 2.43 bits per heavy atom. The molecule has 6 nitrogen and oxygen atoms in total. The number of methoxy groups -OCH3 is 2. The summed E-state index contributed by atoms with van der Waals surface area (Å²) in [6.45, 7) is 11.7. The summed E-state index contributed by atoms with van der Waals surface area (Å²) in [6.07, 6.45) is 0.555. The molecule has 0 spiro atoms. The number of hydrogen-bond acceptors (Lipinski definition) is 6. The lowest BCUT2D eigenvalue weighted by Crippen LogP contribution is -2.33. The number of thiophene rings is 1. The molecule has 0 saturated heterocycles. The van der Waals surface area contributed by atoms with Crippen LogP contribution in [0.2, 0.25) is 0 Å². The van der Waals surface area contributed by atoms with E-state index in [-0.39, 0.29) is 5.56 Å². The van der Waals surface area contributed by atoms with Crippen LogP contribution in [0.4, 0.5) is 0 Å². The molecule has 0 saturated carbocycles. The fourth-order valence-electron chi connectivity index (χ4n) is 3.69. The van der Waals surface area contributed by atoms with Crippen LogP contribution in [-0.2, 0) is 13.0 Å². The van der Waals surface area contributed by atoms with E-state index in [1.165, 1.54) is 0 Å². The second-order valence-corrected chi connectivity index (χ2v) is 8.54. The SMILES string of the molecule is CCN(CC)CCn1c(Cc2ccc(OC)c(OC)c2)nc2sc(C)c(C)c2c1=O. The summed E-state index contributed by atoms with van der Waals surface area (Å²) < 4.78 is 12.7. The van der Waals surface area contributed by atoms with Crippen LogP contribution in [0.15, 0.2) is 23.0 Å². The van der Waals surface area contributed by atoms with Crippen molar-refractivity contribution >= 4 is 21.6 Å². The Bertz CT molecular complexity index is 1080. The van der Waals surface area contributed by atoms with E-state index >= 15 is 0 Å². The van der Waals surface area contributed by atoms with E-state index in [9.17, 15) is 4.79 Å². The van der Waals surface area contributed by atoms with Crippen LogP contribution in [0.25, 0.3) is 10.2 Å². The van der Waals surface area contributed by atoms with Crippen molar-refractivity contribution in [2.75, 3.05) is 33.9 Å². The predicted molar refractivity (Wildman–Crippen MR) is 123 cm³/mol. The molecule has 0 aliphatic carbocycles. The lowest BCUT2D eigenvalue weighted by atomic mass is 10.1. The molecule has 0 bridgehead atoms. The fourth-order valence-corrected chi connectivity index (χ4v) is 4.73. The molecule has 0 amide bonds. The van der Waals surface area contributed by atoms with Crippen molar-refractivity contribution in [3.63, 3.8) is 0 Å². The Labute approximate surface area is 182 Å². The Kier molecular flexibility index (Phi) is 7.15. The molecule has 0 N–H and O–H groups in total. The van der Waals surface area contributed by atoms with Crippen LogP contribution in [-0.4, -0.2) is 48.3 Å². The number of hydrogen-bond donors (Lipinski definition) is 0. The lowest BCUT2D eigenvalue weighted by Gasteiger charge is -2.20. The molecule has 1 aromatic carbocycles. The van der Waals surface area contributed by atoms with Crippen LogP contribution in [0.5, 0.6) is 11.5 Å². The zero-order valence-corrected chi connectivity index (χ0v) is 19.6. The van der Waals surface area contributed by atoms with Gasteiger partial charge in [0.05, 0.1) is 19.6 Å². The summed E-state index contributed by atoms with van der Waals surface area (Å²) in [5, 5.41) is 0.758. The van der Waals surface area contributed by atoms with Gasteiger partial charge in [0.15, 0.2) is 11.5 Å². The minimum Gasteiger partial charge on any atom is -0.493 e. The summed E-state index contributed by atoms with van der Waals surface area (Å²) in [7, 11) is 3.25. The highest BCUT2D eigenvalue weighted by Crippen LogP contribution is 2.29. The molecule has 2 aromatic heterocycles. The van der Waals surface area contributed by atoms with Crippen molar-refractivity contribution < 1.29 is 9.47 Å². The van der Waals surface area contributed by atoms with Crippen molar-refractivity contribution in [3.05, 3.63) is 50.4 Å². The molecule has 162 valence electrons. The zero-order valence-electron chi connectivity index (χ0n) is 18.7. The van der Waals surface area contributed by atoms with Crippen molar-refractivity contribution in [1.82, 2.24) is 14.5 Å². The molecule has 30 heavy (non-hydrogen) atoms. The van der Waals surface area contributed by atoms with Crippen molar-refractivity contribution in [2.45, 2.75) is 40.7 Å². The van der Waals surface area contributed by atoms with Crippen molar-refractivity contribution in [2.24, 2.45) is 0 Å². The van der Waals surface area contributed by atoms with Gasteiger partial charge in [0.2, 0.25) is 0 Å². The summed E-state index contributed by atoms with van der Waals surface area (Å²) in [6, 6.07) is 5.84. The molecular formula is C23H31N3O3S. The lowest BCUT2D eigenvalue weighted by molar-refractivity contribution is 0.287. The van der Waals surface area contributed by atoms with Gasteiger partial charge in [-0.05, 0) is 50.2 Å². The number of benzene rings is 1. The molecule has 0 radical (unpaired) electrons. The number of fused-ring (bicyclic) bond motifs is 1. The third-order valence-electron chi connectivity index (χ3n) is 5.71. The summed E-state index contributed by atoms with van der Waals surface area (Å²) in [5.74, 6) is 2.15. The molecule has 0 unspecified atom stereocenters. The molecule has 0 fully saturated rings. The van der Waals surface area contributed by atoms with E-state index < -0.39 is 0 Å². The van der Waals surface area contributed by atoms with E-state index in [2.05, 4.69) is 25.7 Å². The average Bonchev–Trinajstić information content (AvgIpc) is 3.03. The van der Waals surface area contributed by atoms with Gasteiger partial charge in [0.25, 0.3) is 5.56 Å². The van der Waals surface area contributed by atoms with Gasteiger partial charge in [0, 0.05) is 24.4 Å². The van der Waals surface area contributed by atoms with Gasteiger partial charge >= 0.3 is 0 Å². The second kappa shape index (κ2) is 9.62. The maximum absolute atomic E-state index is 13.5. The topological polar surface area (TPSA) is 56.6 Å². The fraction of sp³-hybridized carbons (Fsp3) is 0.478. The average molecular weight is 430 g/mol. The zero-order chi connectivity index (χ0) is 21.8. The van der Waals surface area contributed by atoms with Gasteiger partial charge in [0.1, 0.15) is 10.7 Å². The normalized spacial score (nSPS) is 11.4. The molecule has 3 rings (SSSR count). The smallest absolute Gasteiger partial charge is 0.262 e. The second-order valence-electron chi connectivity index (χ2n) is 7.34. The van der Waals surface area contributed by atoms with Crippen LogP contribution < -0.4 is 15.0 Å². The van der Waals surface area contributed by atoms with Crippen LogP contribution in [0.1, 0.15) is 35.7 Å². The number of aromatic nitrogens is 2. The van der Waals surface area contributed by atoms with Gasteiger partial charge in [-0.2, -0.15) is 0 Å². The maximum atomic E-state index is 13.5. The third kappa shape index (κ3) is 4.37. The standard InChI is InChI=1S/C23H31N3O3S/c1-7-25(8-2)11-12-26-20(14-17-9-10-18(28-5)19(13-17)29-6)24-22-21(23(26)27)15(3)16(4)30-22/h9-10,13H,7-8,11-12,14H2,1-6H3. The van der Waals surface area contributed by atoms with Crippen molar-refractivity contribution in [3.8, 4) is 11.5 Å². The first kappa shape index (κ1) is 22.3. The van der Waals surface area contributed by atoms with E-state index in [0.717, 1.165) is 51.7 Å². The number of likely N-dealkylation sites (N-methyl/N-ethyl adjacent to an activating group) is 1. The molecule has 0 aliphatic heterocycles. The number of aryl methyl sites for hydroxylation is 2. The molecule has 0 aliphatic rings. The van der Waals surface area contributed by atoms with Crippen LogP contribution >= 0.6 is 11.3 Å². The Hall–Kier alpha value is -2.38. The molecule has 3 aromatic rings. The Morgan fingerprint density at radius 1 is 1.10 bits per heavy atom. The van der Waals surface area contributed by atoms with E-state index in [0.29, 0.717) is 24.5 Å². The molecule has 2 heterocycles. The molecule has 7 heteroatoms. The summed E-state index contributed by atoms with van der Waals surface area (Å²) in [4.78, 5) is 22.7. The summed E-state index contributed by atoms with van der Waals surface area (Å²) >= 11 is 1.59. The number of ether oxygens (including phenoxy) is 2. The predicted octanol–water partition coefficient (Wildman–Crippen LogP) is 4.02. The first-order valence-electron chi connectivity index (χ1n) is 10.4. The summed E-state index contributed by atoms with van der Waals surface area (Å²) in [5.41, 5.74) is 2.13. The first-order valence-corrected chi connectivity index (χ1v) is 11.2. The Balaban J connectivity index is 2.07. The quantitative estimate of drug-likeness (QED) is 0.514. The van der Waals surface area contributed by atoms with Gasteiger partial charge in [-0.15, -0.1) is 11.3 Å². The number of nitrogens with zero attached hydrogens (tertiary/aromatic N) is 3.